The molecule has 2 aromatic rings. The zero-order valence-corrected chi connectivity index (χ0v) is 13.9. The smallest absolute Gasteiger partial charge is 0.158 e. The van der Waals surface area contributed by atoms with Crippen LogP contribution in [0.15, 0.2) is 0 Å². The second kappa shape index (κ2) is 6.17. The van der Waals surface area contributed by atoms with Gasteiger partial charge in [-0.05, 0) is 27.2 Å². The molecule has 0 aliphatic rings. The molecule has 4 nitrogen and oxygen atoms in total. The van der Waals surface area contributed by atoms with E-state index in [2.05, 4.69) is 23.5 Å². The lowest BCUT2D eigenvalue weighted by Crippen LogP contribution is -2.12. The van der Waals surface area contributed by atoms with Gasteiger partial charge in [0.05, 0.1) is 11.1 Å². The number of nitrogens with zero attached hydrogens (tertiary/aromatic N) is 4. The topological polar surface area (TPSA) is 35.6 Å². The molecule has 2 unspecified atom stereocenters. The molecule has 2 heterocycles. The van der Waals surface area contributed by atoms with Crippen LogP contribution in [-0.2, 0) is 7.05 Å². The number of alkyl halides is 1. The Morgan fingerprint density at radius 2 is 1.95 bits per heavy atom. The molecule has 0 fully saturated rings. The summed E-state index contributed by atoms with van der Waals surface area (Å²) < 4.78 is 4.21. The average Bonchev–Trinajstić information content (AvgIpc) is 2.89. The summed E-state index contributed by atoms with van der Waals surface area (Å²) in [5, 5.41) is 4.39. The van der Waals surface area contributed by atoms with E-state index in [1.165, 1.54) is 19.3 Å². The zero-order valence-electron chi connectivity index (χ0n) is 13.1. The first kappa shape index (κ1) is 15.4. The number of fused-ring (bicyclic) bond motifs is 1. The number of aryl methyl sites for hydroxylation is 2. The molecule has 0 aliphatic carbocycles. The Hall–Kier alpha value is -1.03. The van der Waals surface area contributed by atoms with Crippen molar-refractivity contribution in [3.63, 3.8) is 0 Å². The van der Waals surface area contributed by atoms with Gasteiger partial charge in [0, 0.05) is 13.1 Å². The van der Waals surface area contributed by atoms with Gasteiger partial charge in [-0.1, -0.05) is 26.2 Å². The summed E-state index contributed by atoms with van der Waals surface area (Å²) in [6.45, 7) is 8.48. The first-order valence-corrected chi connectivity index (χ1v) is 7.96. The molecule has 0 spiro atoms. The van der Waals surface area contributed by atoms with Gasteiger partial charge in [-0.3, -0.25) is 4.68 Å². The minimum Gasteiger partial charge on any atom is -0.309 e. The predicted octanol–water partition coefficient (Wildman–Crippen LogP) is 4.52. The Morgan fingerprint density at radius 3 is 2.55 bits per heavy atom. The van der Waals surface area contributed by atoms with Crippen LogP contribution in [0.5, 0.6) is 0 Å². The molecule has 0 radical (unpaired) electrons. The van der Waals surface area contributed by atoms with Crippen LogP contribution in [0.25, 0.3) is 11.2 Å². The van der Waals surface area contributed by atoms with Crippen molar-refractivity contribution >= 4 is 22.8 Å². The second-order valence-electron chi connectivity index (χ2n) is 5.68. The molecular weight excluding hydrogens is 272 g/mol. The summed E-state index contributed by atoms with van der Waals surface area (Å²) in [6, 6.07) is 0.401. The minimum absolute atomic E-state index is 0.0876. The quantitative estimate of drug-likeness (QED) is 0.580. The lowest BCUT2D eigenvalue weighted by Gasteiger charge is -2.18. The third-order valence-corrected chi connectivity index (χ3v) is 4.08. The molecule has 5 heteroatoms. The molecule has 2 rings (SSSR count). The van der Waals surface area contributed by atoms with Gasteiger partial charge in [-0.2, -0.15) is 5.10 Å². The molecule has 0 saturated heterocycles. The van der Waals surface area contributed by atoms with E-state index < -0.39 is 0 Å². The molecule has 0 amide bonds. The van der Waals surface area contributed by atoms with E-state index in [0.717, 1.165) is 29.1 Å². The SMILES string of the molecule is CCCCCC(C)n1c(C(C)Cl)nc2c(C)nn(C)c21. The highest BCUT2D eigenvalue weighted by Crippen LogP contribution is 2.31. The maximum Gasteiger partial charge on any atom is 0.158 e. The van der Waals surface area contributed by atoms with Crippen molar-refractivity contribution in [1.82, 2.24) is 19.3 Å². The third kappa shape index (κ3) is 2.71. The van der Waals surface area contributed by atoms with Crippen molar-refractivity contribution in [3.8, 4) is 0 Å². The molecule has 0 aromatic carbocycles. The first-order chi connectivity index (χ1) is 9.47. The van der Waals surface area contributed by atoms with Gasteiger partial charge in [-0.25, -0.2) is 4.98 Å². The van der Waals surface area contributed by atoms with E-state index in [4.69, 9.17) is 16.6 Å². The summed E-state index contributed by atoms with van der Waals surface area (Å²) in [5.41, 5.74) is 3.05. The van der Waals surface area contributed by atoms with Gasteiger partial charge in [0.1, 0.15) is 11.3 Å². The highest BCUT2D eigenvalue weighted by atomic mass is 35.5. The van der Waals surface area contributed by atoms with Gasteiger partial charge in [0.2, 0.25) is 0 Å². The Bertz CT molecular complexity index is 582. The number of aromatic nitrogens is 4. The average molecular weight is 297 g/mol. The number of halogens is 1. The van der Waals surface area contributed by atoms with Gasteiger partial charge in [-0.15, -0.1) is 11.6 Å². The Labute approximate surface area is 126 Å². The lowest BCUT2D eigenvalue weighted by atomic mass is 10.1. The van der Waals surface area contributed by atoms with Crippen molar-refractivity contribution in [2.75, 3.05) is 0 Å². The molecule has 20 heavy (non-hydrogen) atoms. The maximum atomic E-state index is 6.33. The molecule has 2 atom stereocenters. The normalized spacial score (nSPS) is 14.9. The van der Waals surface area contributed by atoms with Crippen LogP contribution in [0.1, 0.15) is 69.4 Å². The van der Waals surface area contributed by atoms with Crippen LogP contribution in [0, 0.1) is 6.92 Å². The van der Waals surface area contributed by atoms with Crippen LogP contribution >= 0.6 is 11.6 Å². The number of imidazole rings is 1. The standard InChI is InChI=1S/C15H25ClN4/c1-6-7-8-9-10(2)20-14(11(3)16)17-13-12(4)18-19(5)15(13)20/h10-11H,6-9H2,1-5H3. The molecule has 0 saturated carbocycles. The van der Waals surface area contributed by atoms with Crippen molar-refractivity contribution < 1.29 is 0 Å². The molecule has 0 aliphatic heterocycles. The fourth-order valence-electron chi connectivity index (χ4n) is 2.85. The summed E-state index contributed by atoms with van der Waals surface area (Å²) >= 11 is 6.33. The Morgan fingerprint density at radius 1 is 1.25 bits per heavy atom. The van der Waals surface area contributed by atoms with E-state index >= 15 is 0 Å². The monoisotopic (exact) mass is 296 g/mol. The highest BCUT2D eigenvalue weighted by Gasteiger charge is 2.23. The zero-order chi connectivity index (χ0) is 14.9. The van der Waals surface area contributed by atoms with E-state index in [-0.39, 0.29) is 5.38 Å². The maximum absolute atomic E-state index is 6.33. The second-order valence-corrected chi connectivity index (χ2v) is 6.34. The first-order valence-electron chi connectivity index (χ1n) is 7.52. The van der Waals surface area contributed by atoms with E-state index in [1.807, 2.05) is 25.6 Å². The molecule has 0 bridgehead atoms. The molecule has 0 N–H and O–H groups in total. The number of rotatable bonds is 6. The van der Waals surface area contributed by atoms with E-state index in [0.29, 0.717) is 6.04 Å². The Balaban J connectivity index is 2.45. The van der Waals surface area contributed by atoms with Gasteiger partial charge in [0.15, 0.2) is 5.65 Å². The number of hydrogen-bond donors (Lipinski definition) is 0. The van der Waals surface area contributed by atoms with Crippen LogP contribution in [0.3, 0.4) is 0 Å². The van der Waals surface area contributed by atoms with Gasteiger partial charge < -0.3 is 4.57 Å². The van der Waals surface area contributed by atoms with Crippen molar-refractivity contribution in [2.45, 2.75) is 64.8 Å². The summed E-state index contributed by atoms with van der Waals surface area (Å²) in [5.74, 6) is 0.960. The largest absolute Gasteiger partial charge is 0.309 e. The molecule has 2 aromatic heterocycles. The third-order valence-electron chi connectivity index (χ3n) is 3.88. The van der Waals surface area contributed by atoms with Gasteiger partial charge >= 0.3 is 0 Å². The van der Waals surface area contributed by atoms with E-state index in [9.17, 15) is 0 Å². The van der Waals surface area contributed by atoms with Crippen LogP contribution in [0.4, 0.5) is 0 Å². The fraction of sp³-hybridized carbons (Fsp3) is 0.733. The van der Waals surface area contributed by atoms with Crippen LogP contribution in [-0.4, -0.2) is 19.3 Å². The van der Waals surface area contributed by atoms with Crippen LogP contribution in [0.2, 0.25) is 0 Å². The summed E-state index contributed by atoms with van der Waals surface area (Å²) in [6.07, 6.45) is 4.92. The minimum atomic E-state index is -0.0876. The predicted molar refractivity (Wildman–Crippen MR) is 84.4 cm³/mol. The summed E-state index contributed by atoms with van der Waals surface area (Å²) in [7, 11) is 1.98. The number of unbranched alkanes of at least 4 members (excludes halogenated alkanes) is 2. The molecular formula is C15H25ClN4. The van der Waals surface area contributed by atoms with E-state index in [1.54, 1.807) is 0 Å². The van der Waals surface area contributed by atoms with Crippen molar-refractivity contribution in [2.24, 2.45) is 7.05 Å². The van der Waals surface area contributed by atoms with Crippen molar-refractivity contribution in [1.29, 1.82) is 0 Å². The highest BCUT2D eigenvalue weighted by molar-refractivity contribution is 6.20. The van der Waals surface area contributed by atoms with Gasteiger partial charge in [0.25, 0.3) is 0 Å². The molecule has 112 valence electrons. The summed E-state index contributed by atoms with van der Waals surface area (Å²) in [4.78, 5) is 4.73. The lowest BCUT2D eigenvalue weighted by molar-refractivity contribution is 0.465. The Kier molecular flexibility index (Phi) is 4.74. The van der Waals surface area contributed by atoms with Crippen LogP contribution < -0.4 is 0 Å². The van der Waals surface area contributed by atoms with Crippen molar-refractivity contribution in [3.05, 3.63) is 11.5 Å². The fourth-order valence-corrected chi connectivity index (χ4v) is 3.00. The number of hydrogen-bond acceptors (Lipinski definition) is 2.